The van der Waals surface area contributed by atoms with Gasteiger partial charge in [0, 0.05) is 13.1 Å². The number of aliphatic hydroxyl groups is 2. The van der Waals surface area contributed by atoms with Crippen molar-refractivity contribution >= 4 is 10.0 Å². The van der Waals surface area contributed by atoms with Crippen LogP contribution in [0, 0.1) is 11.3 Å². The molecule has 0 aromatic carbocycles. The van der Waals surface area contributed by atoms with Gasteiger partial charge in [-0.2, -0.15) is 9.57 Å². The molecule has 2 N–H and O–H groups in total. The number of hydrogen-bond donors (Lipinski definition) is 2. The van der Waals surface area contributed by atoms with Crippen molar-refractivity contribution in [2.24, 2.45) is 0 Å². The number of nitriles is 1. The molecule has 0 aromatic heterocycles. The topological polar surface area (TPSA) is 102 Å². The molecule has 88 valence electrons. The molecule has 0 aliphatic rings. The summed E-state index contributed by atoms with van der Waals surface area (Å²) in [6.45, 7) is 0.742. The SMILES string of the molecule is CCC(C#N)S(=O)(=O)N(CCO)CCO. The Balaban J connectivity index is 4.86. The molecule has 1 unspecified atom stereocenters. The van der Waals surface area contributed by atoms with Crippen molar-refractivity contribution in [2.45, 2.75) is 18.6 Å². The number of hydrogen-bond acceptors (Lipinski definition) is 5. The lowest BCUT2D eigenvalue weighted by molar-refractivity contribution is 0.217. The summed E-state index contributed by atoms with van der Waals surface area (Å²) in [6, 6.07) is 1.70. The monoisotopic (exact) mass is 236 g/mol. The summed E-state index contributed by atoms with van der Waals surface area (Å²) >= 11 is 0. The molecule has 0 heterocycles. The Kier molecular flexibility index (Phi) is 6.43. The van der Waals surface area contributed by atoms with Crippen molar-refractivity contribution in [2.75, 3.05) is 26.3 Å². The van der Waals surface area contributed by atoms with E-state index in [0.717, 1.165) is 4.31 Å². The fraction of sp³-hybridized carbons (Fsp3) is 0.875. The molecular weight excluding hydrogens is 220 g/mol. The Morgan fingerprint density at radius 1 is 1.33 bits per heavy atom. The van der Waals surface area contributed by atoms with Gasteiger partial charge in [0.25, 0.3) is 0 Å². The third-order valence-corrected chi connectivity index (χ3v) is 4.18. The average Bonchev–Trinajstić information content (AvgIpc) is 2.19. The molecule has 0 radical (unpaired) electrons. The molecular formula is C8H16N2O4S. The predicted molar refractivity (Wildman–Crippen MR) is 54.4 cm³/mol. The van der Waals surface area contributed by atoms with E-state index in [0.29, 0.717) is 0 Å². The Hall–Kier alpha value is -0.680. The van der Waals surface area contributed by atoms with Gasteiger partial charge < -0.3 is 10.2 Å². The maximum absolute atomic E-state index is 11.8. The van der Waals surface area contributed by atoms with Crippen LogP contribution < -0.4 is 0 Å². The van der Waals surface area contributed by atoms with Gasteiger partial charge in [-0.05, 0) is 6.42 Å². The second-order valence-corrected chi connectivity index (χ2v) is 5.03. The molecule has 1 atom stereocenters. The van der Waals surface area contributed by atoms with Crippen LogP contribution in [-0.2, 0) is 10.0 Å². The first-order valence-corrected chi connectivity index (χ1v) is 6.15. The third-order valence-electron chi connectivity index (χ3n) is 1.93. The third kappa shape index (κ3) is 3.76. The summed E-state index contributed by atoms with van der Waals surface area (Å²) in [5.41, 5.74) is 0. The van der Waals surface area contributed by atoms with Gasteiger partial charge in [0.05, 0.1) is 19.3 Å². The number of rotatable bonds is 7. The highest BCUT2D eigenvalue weighted by Gasteiger charge is 2.29. The van der Waals surface area contributed by atoms with Gasteiger partial charge in [-0.25, -0.2) is 8.42 Å². The Morgan fingerprint density at radius 2 is 1.80 bits per heavy atom. The van der Waals surface area contributed by atoms with Gasteiger partial charge in [-0.3, -0.25) is 0 Å². The average molecular weight is 236 g/mol. The first-order valence-electron chi connectivity index (χ1n) is 4.64. The predicted octanol–water partition coefficient (Wildman–Crippen LogP) is -1.10. The van der Waals surface area contributed by atoms with Crippen LogP contribution in [0.5, 0.6) is 0 Å². The molecule has 0 fully saturated rings. The molecule has 0 aliphatic carbocycles. The minimum absolute atomic E-state index is 0.0962. The molecule has 0 rings (SSSR count). The van der Waals surface area contributed by atoms with Gasteiger partial charge in [-0.15, -0.1) is 0 Å². The quantitative estimate of drug-likeness (QED) is 0.584. The van der Waals surface area contributed by atoms with E-state index in [-0.39, 0.29) is 32.7 Å². The molecule has 15 heavy (non-hydrogen) atoms. The molecule has 0 aromatic rings. The van der Waals surface area contributed by atoms with Crippen LogP contribution in [0.1, 0.15) is 13.3 Å². The summed E-state index contributed by atoms with van der Waals surface area (Å²) in [7, 11) is -3.74. The fourth-order valence-electron chi connectivity index (χ4n) is 1.14. The van der Waals surface area contributed by atoms with Crippen molar-refractivity contribution in [3.63, 3.8) is 0 Å². The van der Waals surface area contributed by atoms with Gasteiger partial charge >= 0.3 is 0 Å². The summed E-state index contributed by atoms with van der Waals surface area (Å²) in [6.07, 6.45) is 0.187. The highest BCUT2D eigenvalue weighted by Crippen LogP contribution is 2.11. The summed E-state index contributed by atoms with van der Waals surface area (Å²) < 4.78 is 24.4. The lowest BCUT2D eigenvalue weighted by Gasteiger charge is -2.22. The highest BCUT2D eigenvalue weighted by molar-refractivity contribution is 7.90. The smallest absolute Gasteiger partial charge is 0.230 e. The molecule has 0 bridgehead atoms. The van der Waals surface area contributed by atoms with Crippen molar-refractivity contribution in [1.29, 1.82) is 5.26 Å². The number of aliphatic hydroxyl groups excluding tert-OH is 2. The van der Waals surface area contributed by atoms with Crippen LogP contribution in [0.25, 0.3) is 0 Å². The highest BCUT2D eigenvalue weighted by atomic mass is 32.2. The Morgan fingerprint density at radius 3 is 2.07 bits per heavy atom. The van der Waals surface area contributed by atoms with E-state index in [1.807, 2.05) is 0 Å². The summed E-state index contributed by atoms with van der Waals surface area (Å²) in [5.74, 6) is 0. The Labute approximate surface area is 89.8 Å². The van der Waals surface area contributed by atoms with E-state index in [9.17, 15) is 8.42 Å². The van der Waals surface area contributed by atoms with Crippen LogP contribution in [0.2, 0.25) is 0 Å². The van der Waals surface area contributed by atoms with Gasteiger partial charge in [0.2, 0.25) is 10.0 Å². The zero-order valence-corrected chi connectivity index (χ0v) is 9.44. The second-order valence-electron chi connectivity index (χ2n) is 2.92. The van der Waals surface area contributed by atoms with E-state index in [1.54, 1.807) is 13.0 Å². The normalized spacial score (nSPS) is 13.8. The number of sulfonamides is 1. The van der Waals surface area contributed by atoms with E-state index >= 15 is 0 Å². The lowest BCUT2D eigenvalue weighted by atomic mass is 10.4. The van der Waals surface area contributed by atoms with E-state index in [1.165, 1.54) is 0 Å². The van der Waals surface area contributed by atoms with E-state index < -0.39 is 15.3 Å². The molecule has 6 nitrogen and oxygen atoms in total. The van der Waals surface area contributed by atoms with Crippen LogP contribution in [0.3, 0.4) is 0 Å². The van der Waals surface area contributed by atoms with Crippen molar-refractivity contribution in [3.05, 3.63) is 0 Å². The van der Waals surface area contributed by atoms with Crippen LogP contribution in [0.15, 0.2) is 0 Å². The van der Waals surface area contributed by atoms with Crippen LogP contribution >= 0.6 is 0 Å². The molecule has 0 saturated heterocycles. The molecule has 0 saturated carbocycles. The summed E-state index contributed by atoms with van der Waals surface area (Å²) in [5, 5.41) is 24.9. The van der Waals surface area contributed by atoms with E-state index in [2.05, 4.69) is 0 Å². The largest absolute Gasteiger partial charge is 0.395 e. The molecule has 0 amide bonds. The fourth-order valence-corrected chi connectivity index (χ4v) is 2.72. The van der Waals surface area contributed by atoms with Gasteiger partial charge in [0.1, 0.15) is 0 Å². The molecule has 7 heteroatoms. The zero-order valence-electron chi connectivity index (χ0n) is 8.63. The standard InChI is InChI=1S/C8H16N2O4S/c1-2-8(7-9)15(13,14)10(3-5-11)4-6-12/h8,11-12H,2-6H2,1H3. The maximum Gasteiger partial charge on any atom is 0.230 e. The zero-order chi connectivity index (χ0) is 11.9. The minimum atomic E-state index is -3.74. The van der Waals surface area contributed by atoms with Crippen LogP contribution in [-0.4, -0.2) is 54.5 Å². The van der Waals surface area contributed by atoms with E-state index in [4.69, 9.17) is 15.5 Å². The first kappa shape index (κ1) is 14.3. The van der Waals surface area contributed by atoms with Crippen molar-refractivity contribution in [1.82, 2.24) is 4.31 Å². The Bertz CT molecular complexity index is 303. The van der Waals surface area contributed by atoms with Crippen molar-refractivity contribution in [3.8, 4) is 6.07 Å². The lowest BCUT2D eigenvalue weighted by Crippen LogP contribution is -2.41. The van der Waals surface area contributed by atoms with Crippen molar-refractivity contribution < 1.29 is 18.6 Å². The maximum atomic E-state index is 11.8. The number of nitrogens with zero attached hydrogens (tertiary/aromatic N) is 2. The summed E-state index contributed by atoms with van der Waals surface area (Å²) in [4.78, 5) is 0. The second kappa shape index (κ2) is 6.74. The first-order chi connectivity index (χ1) is 7.04. The van der Waals surface area contributed by atoms with Gasteiger partial charge in [0.15, 0.2) is 5.25 Å². The molecule has 0 aliphatic heterocycles. The van der Waals surface area contributed by atoms with Crippen LogP contribution in [0.4, 0.5) is 0 Å². The van der Waals surface area contributed by atoms with Gasteiger partial charge in [-0.1, -0.05) is 6.92 Å². The molecule has 0 spiro atoms. The minimum Gasteiger partial charge on any atom is -0.395 e.